The van der Waals surface area contributed by atoms with E-state index in [1.54, 1.807) is 0 Å². The first kappa shape index (κ1) is 14.1. The number of allylic oxidation sites excluding steroid dienone is 1. The molecule has 0 bridgehead atoms. The Bertz CT molecular complexity index is 394. The lowest BCUT2D eigenvalue weighted by Crippen LogP contribution is -2.49. The Hall–Kier alpha value is -1.32. The molecule has 1 saturated heterocycles. The van der Waals surface area contributed by atoms with E-state index in [1.807, 2.05) is 0 Å². The smallest absolute Gasteiger partial charge is 0.170 e. The van der Waals surface area contributed by atoms with Crippen LogP contribution in [0.1, 0.15) is 47.0 Å². The highest BCUT2D eigenvalue weighted by Crippen LogP contribution is 2.30. The maximum Gasteiger partial charge on any atom is 0.170 e. The van der Waals surface area contributed by atoms with Crippen molar-refractivity contribution < 1.29 is 9.59 Å². The molecule has 2 fully saturated rings. The summed E-state index contributed by atoms with van der Waals surface area (Å²) in [6, 6.07) is 0.587. The van der Waals surface area contributed by atoms with Crippen LogP contribution in [0.2, 0.25) is 0 Å². The molecule has 1 aliphatic carbocycles. The quantitative estimate of drug-likeness (QED) is 0.560. The highest BCUT2D eigenvalue weighted by Gasteiger charge is 2.35. The van der Waals surface area contributed by atoms with Crippen LogP contribution in [0.25, 0.3) is 0 Å². The number of nitrogens with one attached hydrogen (secondary N) is 2. The van der Waals surface area contributed by atoms with Gasteiger partial charge in [-0.25, -0.2) is 0 Å². The van der Waals surface area contributed by atoms with Crippen LogP contribution < -0.4 is 10.6 Å². The fourth-order valence-corrected chi connectivity index (χ4v) is 2.99. The fourth-order valence-electron chi connectivity index (χ4n) is 2.99. The normalized spacial score (nSPS) is 32.4. The summed E-state index contributed by atoms with van der Waals surface area (Å²) in [4.78, 5) is 24.5. The Labute approximate surface area is 115 Å². The van der Waals surface area contributed by atoms with Crippen molar-refractivity contribution in [2.45, 2.75) is 59.0 Å². The number of carbonyl (C=O) groups is 2. The first-order chi connectivity index (χ1) is 8.88. The molecule has 0 aromatic heterocycles. The lowest BCUT2D eigenvalue weighted by Gasteiger charge is -2.34. The first-order valence-corrected chi connectivity index (χ1v) is 7.22. The summed E-state index contributed by atoms with van der Waals surface area (Å²) in [5.41, 5.74) is 0.371. The van der Waals surface area contributed by atoms with Crippen molar-refractivity contribution in [3.05, 3.63) is 11.4 Å². The average molecular weight is 264 g/mol. The van der Waals surface area contributed by atoms with Crippen LogP contribution in [0.4, 0.5) is 0 Å². The van der Waals surface area contributed by atoms with E-state index in [0.717, 1.165) is 6.42 Å². The topological polar surface area (TPSA) is 58.2 Å². The molecule has 1 heterocycles. The zero-order valence-corrected chi connectivity index (χ0v) is 12.2. The van der Waals surface area contributed by atoms with Crippen molar-refractivity contribution in [2.75, 3.05) is 0 Å². The largest absolute Gasteiger partial charge is 0.369 e. The van der Waals surface area contributed by atoms with Crippen LogP contribution in [0.5, 0.6) is 0 Å². The van der Waals surface area contributed by atoms with Gasteiger partial charge in [0.1, 0.15) is 11.4 Å². The Morgan fingerprint density at radius 3 is 1.89 bits per heavy atom. The van der Waals surface area contributed by atoms with E-state index in [1.165, 1.54) is 0 Å². The minimum Gasteiger partial charge on any atom is -0.369 e. The van der Waals surface area contributed by atoms with Gasteiger partial charge in [0.05, 0.1) is 0 Å². The molecule has 0 amide bonds. The minimum atomic E-state index is -0.00810. The van der Waals surface area contributed by atoms with Gasteiger partial charge in [0.25, 0.3) is 0 Å². The molecular formula is C15H24N2O2. The summed E-state index contributed by atoms with van der Waals surface area (Å²) >= 11 is 0. The van der Waals surface area contributed by atoms with E-state index < -0.39 is 0 Å². The second kappa shape index (κ2) is 5.35. The maximum atomic E-state index is 12.3. The third kappa shape index (κ3) is 2.99. The number of Topliss-reactive ketones (excluding diaryl/α,β-unsaturated/α-hetero) is 2. The molecule has 1 aliphatic heterocycles. The van der Waals surface area contributed by atoms with Gasteiger partial charge in [0, 0.05) is 24.9 Å². The highest BCUT2D eigenvalue weighted by atomic mass is 16.2. The summed E-state index contributed by atoms with van der Waals surface area (Å²) in [7, 11) is 0. The lowest BCUT2D eigenvalue weighted by molar-refractivity contribution is -0.126. The first-order valence-electron chi connectivity index (χ1n) is 7.22. The minimum absolute atomic E-state index is 0.00810. The third-order valence-electron chi connectivity index (χ3n) is 4.13. The van der Waals surface area contributed by atoms with E-state index in [9.17, 15) is 9.59 Å². The molecule has 2 rings (SSSR count). The van der Waals surface area contributed by atoms with Crippen molar-refractivity contribution >= 4 is 11.6 Å². The maximum absolute atomic E-state index is 12.3. The van der Waals surface area contributed by atoms with Crippen molar-refractivity contribution in [1.29, 1.82) is 0 Å². The SMILES string of the molecule is CC1CC(C)NC(=C2C(=O)CC(C(C)C)CC2=O)N1. The van der Waals surface area contributed by atoms with Crippen molar-refractivity contribution in [3.63, 3.8) is 0 Å². The molecule has 2 atom stereocenters. The number of hydrogen-bond donors (Lipinski definition) is 2. The van der Waals surface area contributed by atoms with Crippen LogP contribution >= 0.6 is 0 Å². The van der Waals surface area contributed by atoms with Crippen LogP contribution in [0.15, 0.2) is 11.4 Å². The van der Waals surface area contributed by atoms with Gasteiger partial charge in [-0.05, 0) is 32.1 Å². The molecule has 0 aromatic rings. The summed E-state index contributed by atoms with van der Waals surface area (Å²) in [6.45, 7) is 8.30. The standard InChI is InChI=1S/C15H24N2O2/c1-8(2)11-6-12(18)14(13(19)7-11)15-16-9(3)5-10(4)17-15/h8-11,16-17H,5-7H2,1-4H3. The number of rotatable bonds is 1. The predicted octanol–water partition coefficient (Wildman–Crippen LogP) is 1.76. The molecule has 0 spiro atoms. The van der Waals surface area contributed by atoms with E-state index in [0.29, 0.717) is 42.2 Å². The summed E-state index contributed by atoms with van der Waals surface area (Å²) < 4.78 is 0. The average Bonchev–Trinajstić information content (AvgIpc) is 2.26. The zero-order chi connectivity index (χ0) is 14.2. The van der Waals surface area contributed by atoms with E-state index in [4.69, 9.17) is 0 Å². The van der Waals surface area contributed by atoms with Gasteiger partial charge in [-0.2, -0.15) is 0 Å². The van der Waals surface area contributed by atoms with Crippen LogP contribution in [0, 0.1) is 11.8 Å². The number of ketones is 2. The highest BCUT2D eigenvalue weighted by molar-refractivity contribution is 6.22. The summed E-state index contributed by atoms with van der Waals surface area (Å²) in [5, 5.41) is 6.50. The monoisotopic (exact) mass is 264 g/mol. The molecule has 1 saturated carbocycles. The van der Waals surface area contributed by atoms with Crippen molar-refractivity contribution in [3.8, 4) is 0 Å². The summed E-state index contributed by atoms with van der Waals surface area (Å²) in [5.74, 6) is 1.22. The Morgan fingerprint density at radius 2 is 1.47 bits per heavy atom. The summed E-state index contributed by atoms with van der Waals surface area (Å²) in [6.07, 6.45) is 1.98. The van der Waals surface area contributed by atoms with Gasteiger partial charge >= 0.3 is 0 Å². The van der Waals surface area contributed by atoms with Crippen molar-refractivity contribution in [2.24, 2.45) is 11.8 Å². The fraction of sp³-hybridized carbons (Fsp3) is 0.733. The van der Waals surface area contributed by atoms with Crippen LogP contribution in [-0.2, 0) is 9.59 Å². The van der Waals surface area contributed by atoms with E-state index >= 15 is 0 Å². The molecule has 19 heavy (non-hydrogen) atoms. The molecule has 0 radical (unpaired) electrons. The Kier molecular flexibility index (Phi) is 3.97. The van der Waals surface area contributed by atoms with Crippen molar-refractivity contribution in [1.82, 2.24) is 10.6 Å². The number of hydrogen-bond acceptors (Lipinski definition) is 4. The second-order valence-electron chi connectivity index (χ2n) is 6.34. The van der Waals surface area contributed by atoms with Gasteiger partial charge in [-0.1, -0.05) is 13.8 Å². The molecule has 2 unspecified atom stereocenters. The molecule has 4 nitrogen and oxygen atoms in total. The van der Waals surface area contributed by atoms with E-state index in [-0.39, 0.29) is 17.5 Å². The Balaban J connectivity index is 2.24. The van der Waals surface area contributed by atoms with Crippen LogP contribution in [-0.4, -0.2) is 23.7 Å². The molecule has 2 N–H and O–H groups in total. The van der Waals surface area contributed by atoms with Gasteiger partial charge in [-0.3, -0.25) is 9.59 Å². The van der Waals surface area contributed by atoms with Gasteiger partial charge in [0.15, 0.2) is 11.6 Å². The number of carbonyl (C=O) groups excluding carboxylic acids is 2. The molecule has 106 valence electrons. The zero-order valence-electron chi connectivity index (χ0n) is 12.2. The van der Waals surface area contributed by atoms with Crippen LogP contribution in [0.3, 0.4) is 0 Å². The van der Waals surface area contributed by atoms with Gasteiger partial charge in [-0.15, -0.1) is 0 Å². The van der Waals surface area contributed by atoms with Gasteiger partial charge in [0.2, 0.25) is 0 Å². The molecular weight excluding hydrogens is 240 g/mol. The third-order valence-corrected chi connectivity index (χ3v) is 4.13. The van der Waals surface area contributed by atoms with E-state index in [2.05, 4.69) is 38.3 Å². The molecule has 4 heteroatoms. The second-order valence-corrected chi connectivity index (χ2v) is 6.34. The van der Waals surface area contributed by atoms with Gasteiger partial charge < -0.3 is 10.6 Å². The lowest BCUT2D eigenvalue weighted by atomic mass is 9.78. The predicted molar refractivity (Wildman–Crippen MR) is 74.4 cm³/mol. The Morgan fingerprint density at radius 1 is 1.00 bits per heavy atom. The molecule has 0 aromatic carbocycles. The molecule has 2 aliphatic rings.